The van der Waals surface area contributed by atoms with Gasteiger partial charge in [0.2, 0.25) is 0 Å². The van der Waals surface area contributed by atoms with Crippen LogP contribution in [0.2, 0.25) is 0 Å². The molecule has 1 aliphatic rings. The quantitative estimate of drug-likeness (QED) is 0.732. The Hall–Kier alpha value is -1.95. The van der Waals surface area contributed by atoms with Gasteiger partial charge in [-0.15, -0.1) is 0 Å². The molecule has 1 unspecified atom stereocenters. The van der Waals surface area contributed by atoms with Crippen molar-refractivity contribution in [2.24, 2.45) is 5.92 Å². The first kappa shape index (κ1) is 21.4. The Labute approximate surface area is 164 Å². The number of urea groups is 1. The van der Waals surface area contributed by atoms with E-state index in [-0.39, 0.29) is 6.03 Å². The standard InChI is InChI=1S/C21H36N4O2/c1-5-23(6-2)18(15-17(3)4)16-22-21(27)25-13-11-24(12-14-25)19-9-7-8-10-20(19)26/h7-10,17-18,26H,5-6,11-16H2,1-4H3,(H,22,27). The highest BCUT2D eigenvalue weighted by Crippen LogP contribution is 2.27. The number of carbonyl (C=O) groups excluding carboxylic acids is 1. The van der Waals surface area contributed by atoms with Crippen LogP contribution in [0, 0.1) is 5.92 Å². The van der Waals surface area contributed by atoms with E-state index in [1.54, 1.807) is 6.07 Å². The second-order valence-corrected chi connectivity index (χ2v) is 7.65. The molecule has 6 heteroatoms. The summed E-state index contributed by atoms with van der Waals surface area (Å²) in [6, 6.07) is 7.78. The van der Waals surface area contributed by atoms with E-state index in [1.807, 2.05) is 23.1 Å². The molecule has 2 amide bonds. The lowest BCUT2D eigenvalue weighted by Crippen LogP contribution is -2.54. The molecule has 0 aliphatic carbocycles. The Bertz CT molecular complexity index is 581. The highest BCUT2D eigenvalue weighted by atomic mass is 16.3. The first-order valence-corrected chi connectivity index (χ1v) is 10.3. The van der Waals surface area contributed by atoms with Gasteiger partial charge in [-0.3, -0.25) is 4.90 Å². The van der Waals surface area contributed by atoms with Gasteiger partial charge in [0.05, 0.1) is 5.69 Å². The van der Waals surface area contributed by atoms with Crippen molar-refractivity contribution in [2.45, 2.75) is 40.2 Å². The van der Waals surface area contributed by atoms with Gasteiger partial charge in [-0.25, -0.2) is 4.79 Å². The summed E-state index contributed by atoms with van der Waals surface area (Å²) in [7, 11) is 0. The van der Waals surface area contributed by atoms with E-state index >= 15 is 0 Å². The molecule has 2 N–H and O–H groups in total. The molecule has 0 radical (unpaired) electrons. The molecule has 1 aromatic rings. The fourth-order valence-electron chi connectivity index (χ4n) is 3.84. The molecular weight excluding hydrogens is 340 g/mol. The summed E-state index contributed by atoms with van der Waals surface area (Å²) in [5.41, 5.74) is 0.844. The number of piperazine rings is 1. The zero-order valence-corrected chi connectivity index (χ0v) is 17.3. The molecule has 1 aliphatic heterocycles. The van der Waals surface area contributed by atoms with Crippen LogP contribution in [0.3, 0.4) is 0 Å². The maximum Gasteiger partial charge on any atom is 0.317 e. The third-order valence-electron chi connectivity index (χ3n) is 5.35. The van der Waals surface area contributed by atoms with Crippen LogP contribution in [0.25, 0.3) is 0 Å². The van der Waals surface area contributed by atoms with E-state index in [0.717, 1.165) is 38.3 Å². The average Bonchev–Trinajstić information content (AvgIpc) is 2.67. The number of phenols is 1. The van der Waals surface area contributed by atoms with Gasteiger partial charge < -0.3 is 20.2 Å². The second-order valence-electron chi connectivity index (χ2n) is 7.65. The molecule has 1 atom stereocenters. The van der Waals surface area contributed by atoms with Gasteiger partial charge in [-0.2, -0.15) is 0 Å². The topological polar surface area (TPSA) is 59.1 Å². The number of phenolic OH excluding ortho intramolecular Hbond substituents is 1. The van der Waals surface area contributed by atoms with Gasteiger partial charge in [-0.05, 0) is 37.6 Å². The van der Waals surface area contributed by atoms with Crippen LogP contribution in [0.4, 0.5) is 10.5 Å². The summed E-state index contributed by atoms with van der Waals surface area (Å²) in [6.07, 6.45) is 1.09. The number of likely N-dealkylation sites (N-methyl/N-ethyl adjacent to an activating group) is 1. The molecular formula is C21H36N4O2. The predicted molar refractivity (Wildman–Crippen MR) is 111 cm³/mol. The molecule has 6 nitrogen and oxygen atoms in total. The number of aromatic hydroxyl groups is 1. The normalized spacial score (nSPS) is 16.1. The Morgan fingerprint density at radius 2 is 1.78 bits per heavy atom. The fraction of sp³-hybridized carbons (Fsp3) is 0.667. The number of hydrogen-bond donors (Lipinski definition) is 2. The summed E-state index contributed by atoms with van der Waals surface area (Å²) >= 11 is 0. The zero-order chi connectivity index (χ0) is 19.8. The van der Waals surface area contributed by atoms with Crippen molar-refractivity contribution in [2.75, 3.05) is 50.7 Å². The Kier molecular flexibility index (Phi) is 8.23. The summed E-state index contributed by atoms with van der Waals surface area (Å²) < 4.78 is 0. The van der Waals surface area contributed by atoms with Crippen molar-refractivity contribution in [1.82, 2.24) is 15.1 Å². The van der Waals surface area contributed by atoms with E-state index in [0.29, 0.717) is 37.3 Å². The second kappa shape index (κ2) is 10.4. The number of rotatable bonds is 8. The van der Waals surface area contributed by atoms with Crippen molar-refractivity contribution < 1.29 is 9.90 Å². The summed E-state index contributed by atoms with van der Waals surface area (Å²) in [4.78, 5) is 19.1. The number of nitrogens with one attached hydrogen (secondary N) is 1. The molecule has 0 aromatic heterocycles. The minimum absolute atomic E-state index is 0.0212. The summed E-state index contributed by atoms with van der Waals surface area (Å²) in [5.74, 6) is 0.903. The van der Waals surface area contributed by atoms with Gasteiger partial charge in [0.25, 0.3) is 0 Å². The molecule has 1 fully saturated rings. The molecule has 1 saturated heterocycles. The number of para-hydroxylation sites is 2. The molecule has 27 heavy (non-hydrogen) atoms. The maximum absolute atomic E-state index is 12.6. The minimum atomic E-state index is 0.0212. The van der Waals surface area contributed by atoms with E-state index in [2.05, 4.69) is 42.8 Å². The van der Waals surface area contributed by atoms with Crippen LogP contribution in [0.5, 0.6) is 5.75 Å². The summed E-state index contributed by atoms with van der Waals surface area (Å²) in [5, 5.41) is 13.2. The molecule has 152 valence electrons. The van der Waals surface area contributed by atoms with Crippen LogP contribution < -0.4 is 10.2 Å². The van der Waals surface area contributed by atoms with Crippen molar-refractivity contribution in [3.05, 3.63) is 24.3 Å². The molecule has 0 bridgehead atoms. The van der Waals surface area contributed by atoms with Crippen LogP contribution in [0.15, 0.2) is 24.3 Å². The molecule has 1 heterocycles. The van der Waals surface area contributed by atoms with Crippen molar-refractivity contribution in [3.63, 3.8) is 0 Å². The van der Waals surface area contributed by atoms with Crippen LogP contribution >= 0.6 is 0 Å². The van der Waals surface area contributed by atoms with Gasteiger partial charge in [0.15, 0.2) is 0 Å². The van der Waals surface area contributed by atoms with Crippen LogP contribution in [-0.4, -0.2) is 72.8 Å². The lowest BCUT2D eigenvalue weighted by molar-refractivity contribution is 0.169. The van der Waals surface area contributed by atoms with Gasteiger partial charge in [-0.1, -0.05) is 39.8 Å². The first-order chi connectivity index (χ1) is 13.0. The average molecular weight is 377 g/mol. The molecule has 0 spiro atoms. The molecule has 2 rings (SSSR count). The van der Waals surface area contributed by atoms with Crippen molar-refractivity contribution in [1.29, 1.82) is 0 Å². The van der Waals surface area contributed by atoms with E-state index in [9.17, 15) is 9.90 Å². The van der Waals surface area contributed by atoms with Gasteiger partial charge in [0, 0.05) is 38.8 Å². The number of carbonyl (C=O) groups is 1. The van der Waals surface area contributed by atoms with Gasteiger partial charge in [0.1, 0.15) is 5.75 Å². The largest absolute Gasteiger partial charge is 0.506 e. The highest BCUT2D eigenvalue weighted by Gasteiger charge is 2.24. The van der Waals surface area contributed by atoms with Crippen molar-refractivity contribution in [3.8, 4) is 5.75 Å². The van der Waals surface area contributed by atoms with Crippen LogP contribution in [0.1, 0.15) is 34.1 Å². The lowest BCUT2D eigenvalue weighted by atomic mass is 10.0. The third-order valence-corrected chi connectivity index (χ3v) is 5.35. The van der Waals surface area contributed by atoms with Crippen molar-refractivity contribution >= 4 is 11.7 Å². The Morgan fingerprint density at radius 1 is 1.15 bits per heavy atom. The number of benzene rings is 1. The van der Waals surface area contributed by atoms with E-state index in [4.69, 9.17) is 0 Å². The predicted octanol–water partition coefficient (Wildman–Crippen LogP) is 2.98. The lowest BCUT2D eigenvalue weighted by Gasteiger charge is -2.37. The third kappa shape index (κ3) is 6.03. The smallest absolute Gasteiger partial charge is 0.317 e. The van der Waals surface area contributed by atoms with Gasteiger partial charge >= 0.3 is 6.03 Å². The maximum atomic E-state index is 12.6. The fourth-order valence-corrected chi connectivity index (χ4v) is 3.84. The minimum Gasteiger partial charge on any atom is -0.506 e. The Morgan fingerprint density at radius 3 is 2.33 bits per heavy atom. The number of nitrogens with zero attached hydrogens (tertiary/aromatic N) is 3. The molecule has 0 saturated carbocycles. The molecule has 1 aromatic carbocycles. The number of hydrogen-bond acceptors (Lipinski definition) is 4. The first-order valence-electron chi connectivity index (χ1n) is 10.3. The van der Waals surface area contributed by atoms with E-state index in [1.165, 1.54) is 0 Å². The SMILES string of the molecule is CCN(CC)C(CNC(=O)N1CCN(c2ccccc2O)CC1)CC(C)C. The Balaban J connectivity index is 1.85. The summed E-state index contributed by atoms with van der Waals surface area (Å²) in [6.45, 7) is 14.3. The monoisotopic (exact) mass is 376 g/mol. The van der Waals surface area contributed by atoms with E-state index < -0.39 is 0 Å². The number of anilines is 1. The zero-order valence-electron chi connectivity index (χ0n) is 17.3. The van der Waals surface area contributed by atoms with Crippen LogP contribution in [-0.2, 0) is 0 Å². The number of amides is 2. The highest BCUT2D eigenvalue weighted by molar-refractivity contribution is 5.74.